The van der Waals surface area contributed by atoms with E-state index < -0.39 is 20.2 Å². The molecule has 0 N–H and O–H groups in total. The van der Waals surface area contributed by atoms with Crippen LogP contribution in [0.1, 0.15) is 26.7 Å². The van der Waals surface area contributed by atoms with E-state index in [0.29, 0.717) is 12.8 Å². The van der Waals surface area contributed by atoms with Crippen LogP contribution >= 0.6 is 0 Å². The van der Waals surface area contributed by atoms with Crippen molar-refractivity contribution >= 4 is 20.2 Å². The molecule has 6 nitrogen and oxygen atoms in total. The van der Waals surface area contributed by atoms with Crippen LogP contribution in [0.4, 0.5) is 0 Å². The first-order chi connectivity index (χ1) is 6.12. The number of hydrogen-bond donors (Lipinski definition) is 0. The summed E-state index contributed by atoms with van der Waals surface area (Å²) in [5, 5.41) is 0. The van der Waals surface area contributed by atoms with Crippen LogP contribution in [0.3, 0.4) is 0 Å². The summed E-state index contributed by atoms with van der Waals surface area (Å²) in [7, 11) is -7.85. The number of rotatable bonds is 4. The number of hydrogen-bond acceptors (Lipinski definition) is 6. The van der Waals surface area contributed by atoms with Crippen molar-refractivity contribution in [3.05, 3.63) is 0 Å². The molecule has 9 heteroatoms. The third-order valence-corrected chi connectivity index (χ3v) is 2.72. The summed E-state index contributed by atoms with van der Waals surface area (Å²) >= 11 is 0. The molecule has 97 valence electrons. The molecule has 0 aromatic heterocycles. The molecule has 0 saturated heterocycles. The maximum atomic E-state index is 9.68. The predicted octanol–water partition coefficient (Wildman–Crippen LogP) is -0.119. The normalized spacial score (nSPS) is 10.9. The molecule has 0 rings (SSSR count). The molecule has 0 aromatic carbocycles. The SMILES string of the molecule is CCCS(=O)(=O)[O-].CCCS(=O)(=O)[O-].[Cu+2]. The Hall–Kier alpha value is 0.339. The van der Waals surface area contributed by atoms with E-state index in [1.165, 1.54) is 0 Å². The smallest absolute Gasteiger partial charge is 0.748 e. The molecule has 0 fully saturated rings. The fourth-order valence-electron chi connectivity index (χ4n) is 0.500. The first-order valence-corrected chi connectivity index (χ1v) is 7.15. The Morgan fingerprint density at radius 3 is 1.00 bits per heavy atom. The Morgan fingerprint density at radius 2 is 1.00 bits per heavy atom. The van der Waals surface area contributed by atoms with E-state index in [1.807, 2.05) is 0 Å². The zero-order chi connectivity index (χ0) is 11.8. The van der Waals surface area contributed by atoms with E-state index in [1.54, 1.807) is 13.8 Å². The zero-order valence-electron chi connectivity index (χ0n) is 8.40. The zero-order valence-corrected chi connectivity index (χ0v) is 11.0. The van der Waals surface area contributed by atoms with Gasteiger partial charge in [-0.1, -0.05) is 13.8 Å². The van der Waals surface area contributed by atoms with Crippen LogP contribution < -0.4 is 0 Å². The summed E-state index contributed by atoms with van der Waals surface area (Å²) in [5.41, 5.74) is 0. The van der Waals surface area contributed by atoms with E-state index in [-0.39, 0.29) is 28.6 Å². The van der Waals surface area contributed by atoms with Gasteiger partial charge in [-0.3, -0.25) is 0 Å². The second-order valence-electron chi connectivity index (χ2n) is 2.52. The summed E-state index contributed by atoms with van der Waals surface area (Å²) in [5.74, 6) is -0.486. The molecule has 0 unspecified atom stereocenters. The fourth-order valence-corrected chi connectivity index (χ4v) is 1.50. The van der Waals surface area contributed by atoms with E-state index >= 15 is 0 Å². The molecule has 0 amide bonds. The largest absolute Gasteiger partial charge is 2.00 e. The third kappa shape index (κ3) is 31.4. The average Bonchev–Trinajstić information content (AvgIpc) is 1.81. The Morgan fingerprint density at radius 1 is 0.800 bits per heavy atom. The van der Waals surface area contributed by atoms with Crippen LogP contribution in [-0.2, 0) is 37.3 Å². The van der Waals surface area contributed by atoms with Gasteiger partial charge in [0.1, 0.15) is 0 Å². The van der Waals surface area contributed by atoms with Gasteiger partial charge in [-0.05, 0) is 12.8 Å². The van der Waals surface area contributed by atoms with Crippen LogP contribution in [0.15, 0.2) is 0 Å². The minimum absolute atomic E-state index is 0. The van der Waals surface area contributed by atoms with Crippen molar-refractivity contribution in [2.75, 3.05) is 11.5 Å². The summed E-state index contributed by atoms with van der Waals surface area (Å²) in [6.45, 7) is 3.30. The Labute approximate surface area is 101 Å². The van der Waals surface area contributed by atoms with Crippen molar-refractivity contribution < 1.29 is 43.0 Å². The van der Waals surface area contributed by atoms with Crippen LogP contribution in [0.5, 0.6) is 0 Å². The molecule has 0 aliphatic rings. The van der Waals surface area contributed by atoms with Gasteiger partial charge in [-0.15, -0.1) is 0 Å². The van der Waals surface area contributed by atoms with Gasteiger partial charge in [-0.2, -0.15) is 0 Å². The first-order valence-electron chi connectivity index (χ1n) is 3.99. The first kappa shape index (κ1) is 20.7. The van der Waals surface area contributed by atoms with Crippen molar-refractivity contribution in [1.29, 1.82) is 0 Å². The Bertz CT molecular complexity index is 286. The van der Waals surface area contributed by atoms with Gasteiger partial charge in [0.2, 0.25) is 0 Å². The third-order valence-electron chi connectivity index (χ3n) is 0.908. The maximum Gasteiger partial charge on any atom is 2.00 e. The fraction of sp³-hybridized carbons (Fsp3) is 1.00. The van der Waals surface area contributed by atoms with E-state index in [4.69, 9.17) is 0 Å². The summed E-state index contributed by atoms with van der Waals surface area (Å²) < 4.78 is 58.1. The van der Waals surface area contributed by atoms with Gasteiger partial charge in [-0.25, -0.2) is 16.8 Å². The van der Waals surface area contributed by atoms with Crippen LogP contribution in [0.25, 0.3) is 0 Å². The molecule has 0 bridgehead atoms. The molecule has 0 aromatic rings. The van der Waals surface area contributed by atoms with Gasteiger partial charge in [0.25, 0.3) is 0 Å². The van der Waals surface area contributed by atoms with Crippen LogP contribution in [0, 0.1) is 0 Å². The van der Waals surface area contributed by atoms with Gasteiger partial charge in [0, 0.05) is 11.5 Å². The molecule has 0 spiro atoms. The summed E-state index contributed by atoms with van der Waals surface area (Å²) in [6, 6.07) is 0. The van der Waals surface area contributed by atoms with E-state index in [0.717, 1.165) is 0 Å². The minimum Gasteiger partial charge on any atom is -0.748 e. The van der Waals surface area contributed by atoms with Crippen molar-refractivity contribution in [3.8, 4) is 0 Å². The molecule has 0 saturated carbocycles. The average molecular weight is 310 g/mol. The Kier molecular flexibility index (Phi) is 13.2. The maximum absolute atomic E-state index is 9.68. The monoisotopic (exact) mass is 309 g/mol. The van der Waals surface area contributed by atoms with Gasteiger partial charge in [0.05, 0.1) is 20.2 Å². The molecule has 0 atom stereocenters. The molecule has 0 aliphatic carbocycles. The standard InChI is InChI=1S/2C3H8O3S.Cu/c2*1-2-3-7(4,5)6;/h2*2-3H2,1H3,(H,4,5,6);/q;;+2/p-2. The summed E-state index contributed by atoms with van der Waals surface area (Å²) in [6.07, 6.45) is 0.817. The molecular formula is C6H14CuO6S2. The second-order valence-corrected chi connectivity index (χ2v) is 5.57. The van der Waals surface area contributed by atoms with Gasteiger partial charge in [0.15, 0.2) is 0 Å². The molecule has 1 radical (unpaired) electrons. The van der Waals surface area contributed by atoms with Crippen molar-refractivity contribution in [3.63, 3.8) is 0 Å². The van der Waals surface area contributed by atoms with Gasteiger partial charge < -0.3 is 9.11 Å². The quantitative estimate of drug-likeness (QED) is 0.528. The molecule has 15 heavy (non-hydrogen) atoms. The van der Waals surface area contributed by atoms with Crippen molar-refractivity contribution in [1.82, 2.24) is 0 Å². The van der Waals surface area contributed by atoms with Crippen molar-refractivity contribution in [2.45, 2.75) is 26.7 Å². The van der Waals surface area contributed by atoms with Crippen LogP contribution in [0.2, 0.25) is 0 Å². The second kappa shape index (κ2) is 9.56. The molecular weight excluding hydrogens is 296 g/mol. The van der Waals surface area contributed by atoms with Crippen molar-refractivity contribution in [2.24, 2.45) is 0 Å². The van der Waals surface area contributed by atoms with E-state index in [2.05, 4.69) is 0 Å². The summed E-state index contributed by atoms with van der Waals surface area (Å²) in [4.78, 5) is 0. The molecule has 0 aliphatic heterocycles. The van der Waals surface area contributed by atoms with E-state index in [9.17, 15) is 25.9 Å². The topological polar surface area (TPSA) is 114 Å². The minimum atomic E-state index is -3.92. The Balaban J connectivity index is -0.000000180. The predicted molar refractivity (Wildman–Crippen MR) is 49.7 cm³/mol. The molecule has 0 heterocycles. The van der Waals surface area contributed by atoms with Crippen LogP contribution in [-0.4, -0.2) is 37.4 Å². The van der Waals surface area contributed by atoms with Gasteiger partial charge >= 0.3 is 17.1 Å².